The molecule has 1 aromatic carbocycles. The minimum Gasteiger partial charge on any atom is -0.378 e. The Morgan fingerprint density at radius 2 is 2.08 bits per heavy atom. The zero-order chi connectivity index (χ0) is 17.1. The Morgan fingerprint density at radius 3 is 2.92 bits per heavy atom. The minimum absolute atomic E-state index is 0.471. The molecule has 0 bridgehead atoms. The van der Waals surface area contributed by atoms with E-state index in [0.717, 1.165) is 37.6 Å². The molecule has 2 aliphatic heterocycles. The summed E-state index contributed by atoms with van der Waals surface area (Å²) in [7, 11) is 0. The molecule has 5 nitrogen and oxygen atoms in total. The van der Waals surface area contributed by atoms with Gasteiger partial charge in [0.1, 0.15) is 0 Å². The first kappa shape index (κ1) is 16.7. The Labute approximate surface area is 150 Å². The Kier molecular flexibility index (Phi) is 5.13. The summed E-state index contributed by atoms with van der Waals surface area (Å²) in [5.41, 5.74) is 3.37. The van der Waals surface area contributed by atoms with Crippen LogP contribution in [0, 0.1) is 12.8 Å². The number of aromatic nitrogens is 3. The summed E-state index contributed by atoms with van der Waals surface area (Å²) in [6.45, 7) is 6.22. The molecule has 2 aliphatic rings. The van der Waals surface area contributed by atoms with Gasteiger partial charge in [-0.3, -0.25) is 4.90 Å². The summed E-state index contributed by atoms with van der Waals surface area (Å²) in [6, 6.07) is 8.29. The van der Waals surface area contributed by atoms with E-state index in [9.17, 15) is 0 Å². The SMILES string of the molecule is Cc1ccccc1-n1cc(CN2CCCC(C3CCCCO3)C2)nn1. The molecule has 0 saturated carbocycles. The molecule has 0 radical (unpaired) electrons. The molecule has 0 N–H and O–H groups in total. The largest absolute Gasteiger partial charge is 0.378 e. The van der Waals surface area contributed by atoms with Crippen molar-refractivity contribution in [2.45, 2.75) is 51.7 Å². The fourth-order valence-corrected chi connectivity index (χ4v) is 4.21. The molecule has 1 aromatic heterocycles. The van der Waals surface area contributed by atoms with Gasteiger partial charge < -0.3 is 4.74 Å². The molecule has 5 heteroatoms. The van der Waals surface area contributed by atoms with Crippen molar-refractivity contribution in [3.05, 3.63) is 41.7 Å². The van der Waals surface area contributed by atoms with Crippen molar-refractivity contribution >= 4 is 0 Å². The fourth-order valence-electron chi connectivity index (χ4n) is 4.21. The van der Waals surface area contributed by atoms with Crippen LogP contribution >= 0.6 is 0 Å². The normalized spacial score (nSPS) is 25.2. The van der Waals surface area contributed by atoms with Crippen molar-refractivity contribution in [2.75, 3.05) is 19.7 Å². The van der Waals surface area contributed by atoms with Crippen LogP contribution in [0.25, 0.3) is 5.69 Å². The van der Waals surface area contributed by atoms with E-state index in [0.29, 0.717) is 12.0 Å². The van der Waals surface area contributed by atoms with Gasteiger partial charge >= 0.3 is 0 Å². The van der Waals surface area contributed by atoms with E-state index in [-0.39, 0.29) is 0 Å². The second-order valence-electron chi connectivity index (χ2n) is 7.48. The summed E-state index contributed by atoms with van der Waals surface area (Å²) in [4.78, 5) is 2.53. The van der Waals surface area contributed by atoms with E-state index in [1.165, 1.54) is 37.7 Å². The van der Waals surface area contributed by atoms with E-state index in [4.69, 9.17) is 4.74 Å². The molecule has 2 atom stereocenters. The van der Waals surface area contributed by atoms with Crippen LogP contribution in [0.1, 0.15) is 43.4 Å². The lowest BCUT2D eigenvalue weighted by molar-refractivity contribution is -0.0422. The van der Waals surface area contributed by atoms with Gasteiger partial charge in [-0.1, -0.05) is 23.4 Å². The van der Waals surface area contributed by atoms with Crippen LogP contribution in [0.4, 0.5) is 0 Å². The maximum absolute atomic E-state index is 6.03. The second kappa shape index (κ2) is 7.67. The maximum Gasteiger partial charge on any atom is 0.0971 e. The number of hydrogen-bond donors (Lipinski definition) is 0. The monoisotopic (exact) mass is 340 g/mol. The fraction of sp³-hybridized carbons (Fsp3) is 0.600. The molecule has 0 aliphatic carbocycles. The van der Waals surface area contributed by atoms with E-state index in [2.05, 4.69) is 46.5 Å². The number of rotatable bonds is 4. The number of nitrogens with zero attached hydrogens (tertiary/aromatic N) is 4. The number of aryl methyl sites for hydroxylation is 1. The van der Waals surface area contributed by atoms with Gasteiger partial charge in [-0.25, -0.2) is 4.68 Å². The maximum atomic E-state index is 6.03. The number of likely N-dealkylation sites (tertiary alicyclic amines) is 1. The summed E-state index contributed by atoms with van der Waals surface area (Å²) in [6.07, 6.45) is 8.90. The van der Waals surface area contributed by atoms with Crippen LogP contribution in [0.15, 0.2) is 30.5 Å². The van der Waals surface area contributed by atoms with Crippen molar-refractivity contribution in [1.82, 2.24) is 19.9 Å². The highest BCUT2D eigenvalue weighted by Crippen LogP contribution is 2.28. The number of benzene rings is 1. The number of para-hydroxylation sites is 1. The first-order valence-electron chi connectivity index (χ1n) is 9.61. The Bertz CT molecular complexity index is 693. The zero-order valence-corrected chi connectivity index (χ0v) is 15.1. The lowest BCUT2D eigenvalue weighted by atomic mass is 9.88. The second-order valence-corrected chi connectivity index (χ2v) is 7.48. The molecular formula is C20H28N4O. The van der Waals surface area contributed by atoms with Crippen molar-refractivity contribution < 1.29 is 4.74 Å². The predicted molar refractivity (Wildman–Crippen MR) is 97.7 cm³/mol. The molecule has 134 valence electrons. The molecule has 25 heavy (non-hydrogen) atoms. The third kappa shape index (κ3) is 3.93. The molecule has 2 fully saturated rings. The molecule has 0 amide bonds. The highest BCUT2D eigenvalue weighted by atomic mass is 16.5. The molecule has 0 spiro atoms. The van der Waals surface area contributed by atoms with Crippen LogP contribution in [-0.4, -0.2) is 45.7 Å². The number of piperidine rings is 1. The van der Waals surface area contributed by atoms with Crippen molar-refractivity contribution in [3.63, 3.8) is 0 Å². The van der Waals surface area contributed by atoms with Crippen LogP contribution in [0.3, 0.4) is 0 Å². The Balaban J connectivity index is 1.39. The standard InChI is InChI=1S/C20H28N4O/c1-16-7-2-3-9-19(16)24-15-18(21-22-24)14-23-11-6-8-17(13-23)20-10-4-5-12-25-20/h2-3,7,9,15,17,20H,4-6,8,10-14H2,1H3. The van der Waals surface area contributed by atoms with Crippen LogP contribution in [0.2, 0.25) is 0 Å². The molecular weight excluding hydrogens is 312 g/mol. The van der Waals surface area contributed by atoms with E-state index in [1.807, 2.05) is 10.7 Å². The van der Waals surface area contributed by atoms with Gasteiger partial charge in [-0.2, -0.15) is 0 Å². The van der Waals surface area contributed by atoms with Gasteiger partial charge in [0.05, 0.1) is 23.7 Å². The van der Waals surface area contributed by atoms with Gasteiger partial charge in [0, 0.05) is 19.7 Å². The summed E-state index contributed by atoms with van der Waals surface area (Å²) >= 11 is 0. The van der Waals surface area contributed by atoms with Crippen LogP contribution in [0.5, 0.6) is 0 Å². The Morgan fingerprint density at radius 1 is 1.16 bits per heavy atom. The zero-order valence-electron chi connectivity index (χ0n) is 15.1. The Hall–Kier alpha value is -1.72. The quantitative estimate of drug-likeness (QED) is 0.856. The third-order valence-electron chi connectivity index (χ3n) is 5.57. The predicted octanol–water partition coefficient (Wildman–Crippen LogP) is 3.36. The van der Waals surface area contributed by atoms with Crippen LogP contribution < -0.4 is 0 Å². The molecule has 2 saturated heterocycles. The van der Waals surface area contributed by atoms with E-state index >= 15 is 0 Å². The molecule has 4 rings (SSSR count). The summed E-state index contributed by atoms with van der Waals surface area (Å²) in [5, 5.41) is 8.74. The van der Waals surface area contributed by atoms with E-state index in [1.54, 1.807) is 0 Å². The van der Waals surface area contributed by atoms with Gasteiger partial charge in [-0.15, -0.1) is 5.10 Å². The van der Waals surface area contributed by atoms with Gasteiger partial charge in [-0.05, 0) is 63.1 Å². The van der Waals surface area contributed by atoms with Gasteiger partial charge in [0.25, 0.3) is 0 Å². The number of hydrogen-bond acceptors (Lipinski definition) is 4. The van der Waals surface area contributed by atoms with Crippen molar-refractivity contribution in [2.24, 2.45) is 5.92 Å². The third-order valence-corrected chi connectivity index (χ3v) is 5.57. The molecule has 2 unspecified atom stereocenters. The highest BCUT2D eigenvalue weighted by molar-refractivity contribution is 5.38. The van der Waals surface area contributed by atoms with Gasteiger partial charge in [0.2, 0.25) is 0 Å². The lowest BCUT2D eigenvalue weighted by Crippen LogP contribution is -2.41. The molecule has 3 heterocycles. The number of ether oxygens (including phenoxy) is 1. The highest BCUT2D eigenvalue weighted by Gasteiger charge is 2.29. The smallest absolute Gasteiger partial charge is 0.0971 e. The average molecular weight is 340 g/mol. The summed E-state index contributed by atoms with van der Waals surface area (Å²) in [5.74, 6) is 0.681. The van der Waals surface area contributed by atoms with Crippen LogP contribution in [-0.2, 0) is 11.3 Å². The van der Waals surface area contributed by atoms with Gasteiger partial charge in [0.15, 0.2) is 0 Å². The molecule has 2 aromatic rings. The van der Waals surface area contributed by atoms with Crippen molar-refractivity contribution in [3.8, 4) is 5.69 Å². The summed E-state index contributed by atoms with van der Waals surface area (Å²) < 4.78 is 7.93. The first-order chi connectivity index (χ1) is 12.3. The average Bonchev–Trinajstić information content (AvgIpc) is 3.11. The van der Waals surface area contributed by atoms with E-state index < -0.39 is 0 Å². The first-order valence-corrected chi connectivity index (χ1v) is 9.61. The van der Waals surface area contributed by atoms with Crippen molar-refractivity contribution in [1.29, 1.82) is 0 Å². The minimum atomic E-state index is 0.471. The topological polar surface area (TPSA) is 43.2 Å². The lowest BCUT2D eigenvalue weighted by Gasteiger charge is -2.38.